The largest absolute Gasteiger partial charge is 0.481 e. The van der Waals surface area contributed by atoms with Crippen molar-refractivity contribution < 1.29 is 19.8 Å². The van der Waals surface area contributed by atoms with Crippen LogP contribution < -0.4 is 0 Å². The molecule has 0 bridgehead atoms. The molecule has 2 amide bonds. The summed E-state index contributed by atoms with van der Waals surface area (Å²) in [7, 11) is 1.58. The molecule has 16 heavy (non-hydrogen) atoms. The van der Waals surface area contributed by atoms with Crippen LogP contribution in [-0.2, 0) is 4.79 Å². The molecule has 2 N–H and O–H groups in total. The molecule has 0 radical (unpaired) electrons. The van der Waals surface area contributed by atoms with Crippen LogP contribution in [0.15, 0.2) is 0 Å². The van der Waals surface area contributed by atoms with Gasteiger partial charge in [0.15, 0.2) is 0 Å². The van der Waals surface area contributed by atoms with E-state index in [1.54, 1.807) is 11.9 Å². The first-order valence-electron chi connectivity index (χ1n) is 5.35. The SMILES string of the molecule is CCN(CCCO)C(=O)N(C)CCC(=O)O. The molecule has 0 saturated heterocycles. The summed E-state index contributed by atoms with van der Waals surface area (Å²) >= 11 is 0. The smallest absolute Gasteiger partial charge is 0.319 e. The molecule has 6 nitrogen and oxygen atoms in total. The van der Waals surface area contributed by atoms with Gasteiger partial charge in [0.25, 0.3) is 0 Å². The van der Waals surface area contributed by atoms with Crippen molar-refractivity contribution in [2.75, 3.05) is 33.3 Å². The van der Waals surface area contributed by atoms with Crippen LogP contribution in [0.2, 0.25) is 0 Å². The number of aliphatic hydroxyl groups excluding tert-OH is 1. The van der Waals surface area contributed by atoms with Gasteiger partial charge in [-0.3, -0.25) is 4.79 Å². The van der Waals surface area contributed by atoms with Crippen molar-refractivity contribution in [2.24, 2.45) is 0 Å². The van der Waals surface area contributed by atoms with Gasteiger partial charge >= 0.3 is 12.0 Å². The van der Waals surface area contributed by atoms with Crippen molar-refractivity contribution in [1.82, 2.24) is 9.80 Å². The molecule has 0 atom stereocenters. The van der Waals surface area contributed by atoms with E-state index in [1.165, 1.54) is 4.90 Å². The average Bonchev–Trinajstić information content (AvgIpc) is 2.26. The van der Waals surface area contributed by atoms with Crippen LogP contribution in [0.1, 0.15) is 19.8 Å². The van der Waals surface area contributed by atoms with Crippen LogP contribution in [0, 0.1) is 0 Å². The summed E-state index contributed by atoms with van der Waals surface area (Å²) in [6.07, 6.45) is 0.478. The molecule has 0 spiro atoms. The van der Waals surface area contributed by atoms with Crippen LogP contribution >= 0.6 is 0 Å². The Balaban J connectivity index is 4.10. The fourth-order valence-electron chi connectivity index (χ4n) is 1.25. The van der Waals surface area contributed by atoms with Crippen molar-refractivity contribution >= 4 is 12.0 Å². The summed E-state index contributed by atoms with van der Waals surface area (Å²) in [5, 5.41) is 17.2. The second-order valence-corrected chi connectivity index (χ2v) is 3.50. The lowest BCUT2D eigenvalue weighted by Gasteiger charge is -2.26. The Kier molecular flexibility index (Phi) is 7.28. The number of carbonyl (C=O) groups is 2. The van der Waals surface area contributed by atoms with Crippen LogP contribution in [0.3, 0.4) is 0 Å². The van der Waals surface area contributed by atoms with E-state index < -0.39 is 5.97 Å². The van der Waals surface area contributed by atoms with Crippen molar-refractivity contribution in [1.29, 1.82) is 0 Å². The third-order valence-electron chi connectivity index (χ3n) is 2.23. The number of nitrogens with zero attached hydrogens (tertiary/aromatic N) is 2. The Morgan fingerprint density at radius 2 is 1.88 bits per heavy atom. The average molecular weight is 232 g/mol. The van der Waals surface area contributed by atoms with E-state index in [1.807, 2.05) is 6.92 Å². The zero-order valence-corrected chi connectivity index (χ0v) is 9.85. The van der Waals surface area contributed by atoms with Gasteiger partial charge in [-0.15, -0.1) is 0 Å². The van der Waals surface area contributed by atoms with Gasteiger partial charge in [0.1, 0.15) is 0 Å². The molecule has 0 aliphatic heterocycles. The molecular weight excluding hydrogens is 212 g/mol. The first kappa shape index (κ1) is 14.7. The number of hydrogen-bond acceptors (Lipinski definition) is 3. The zero-order valence-electron chi connectivity index (χ0n) is 9.85. The number of carboxylic acids is 1. The van der Waals surface area contributed by atoms with Gasteiger partial charge in [0.2, 0.25) is 0 Å². The molecule has 6 heteroatoms. The highest BCUT2D eigenvalue weighted by Gasteiger charge is 2.16. The van der Waals surface area contributed by atoms with Crippen molar-refractivity contribution in [2.45, 2.75) is 19.8 Å². The number of carboxylic acid groups (broad SMARTS) is 1. The molecule has 0 rings (SSSR count). The maximum absolute atomic E-state index is 11.8. The molecule has 0 aliphatic rings. The van der Waals surface area contributed by atoms with E-state index in [0.29, 0.717) is 19.5 Å². The summed E-state index contributed by atoms with van der Waals surface area (Å²) in [5.74, 6) is -0.918. The predicted molar refractivity (Wildman–Crippen MR) is 59.2 cm³/mol. The Labute approximate surface area is 95.5 Å². The third-order valence-corrected chi connectivity index (χ3v) is 2.23. The number of amides is 2. The molecule has 0 aliphatic carbocycles. The first-order chi connectivity index (χ1) is 7.52. The number of carbonyl (C=O) groups excluding carboxylic acids is 1. The highest BCUT2D eigenvalue weighted by molar-refractivity contribution is 5.75. The summed E-state index contributed by atoms with van der Waals surface area (Å²) in [6.45, 7) is 3.13. The lowest BCUT2D eigenvalue weighted by Crippen LogP contribution is -2.42. The topological polar surface area (TPSA) is 81.1 Å². The fourth-order valence-corrected chi connectivity index (χ4v) is 1.25. The Hall–Kier alpha value is -1.30. The second-order valence-electron chi connectivity index (χ2n) is 3.50. The molecule has 0 unspecified atom stereocenters. The number of hydrogen-bond donors (Lipinski definition) is 2. The van der Waals surface area contributed by atoms with Gasteiger partial charge in [-0.2, -0.15) is 0 Å². The van der Waals surface area contributed by atoms with Gasteiger partial charge in [0.05, 0.1) is 6.42 Å². The van der Waals surface area contributed by atoms with E-state index in [-0.39, 0.29) is 25.6 Å². The van der Waals surface area contributed by atoms with Gasteiger partial charge in [-0.1, -0.05) is 0 Å². The molecule has 0 aromatic rings. The number of aliphatic carboxylic acids is 1. The monoisotopic (exact) mass is 232 g/mol. The first-order valence-corrected chi connectivity index (χ1v) is 5.35. The van der Waals surface area contributed by atoms with Crippen LogP contribution in [-0.4, -0.2) is 65.3 Å². The third kappa shape index (κ3) is 5.55. The zero-order chi connectivity index (χ0) is 12.6. The normalized spacial score (nSPS) is 9.94. The summed E-state index contributed by atoms with van der Waals surface area (Å²) in [6, 6.07) is -0.197. The molecule has 94 valence electrons. The Morgan fingerprint density at radius 1 is 1.25 bits per heavy atom. The molecule has 0 saturated carbocycles. The summed E-state index contributed by atoms with van der Waals surface area (Å²) < 4.78 is 0. The minimum atomic E-state index is -0.918. The van der Waals surface area contributed by atoms with Gasteiger partial charge in [0, 0.05) is 33.3 Å². The molecule has 0 heterocycles. The number of aliphatic hydroxyl groups is 1. The standard InChI is InChI=1S/C10H20N2O4/c1-3-12(6-4-8-13)10(16)11(2)7-5-9(14)15/h13H,3-8H2,1-2H3,(H,14,15). The highest BCUT2D eigenvalue weighted by atomic mass is 16.4. The maximum atomic E-state index is 11.8. The molecular formula is C10H20N2O4. The van der Waals surface area contributed by atoms with E-state index in [9.17, 15) is 9.59 Å². The Bertz CT molecular complexity index is 233. The quantitative estimate of drug-likeness (QED) is 0.658. The van der Waals surface area contributed by atoms with Gasteiger partial charge in [-0.05, 0) is 13.3 Å². The lowest BCUT2D eigenvalue weighted by atomic mass is 10.4. The number of rotatable bonds is 7. The lowest BCUT2D eigenvalue weighted by molar-refractivity contribution is -0.137. The predicted octanol–water partition coefficient (Wildman–Crippen LogP) is 0.217. The second kappa shape index (κ2) is 7.92. The maximum Gasteiger partial charge on any atom is 0.319 e. The van der Waals surface area contributed by atoms with Crippen molar-refractivity contribution in [3.05, 3.63) is 0 Å². The minimum absolute atomic E-state index is 0.0443. The summed E-state index contributed by atoms with van der Waals surface area (Å²) in [4.78, 5) is 25.1. The van der Waals surface area contributed by atoms with E-state index in [4.69, 9.17) is 10.2 Å². The van der Waals surface area contributed by atoms with E-state index in [0.717, 1.165) is 0 Å². The van der Waals surface area contributed by atoms with Crippen molar-refractivity contribution in [3.63, 3.8) is 0 Å². The molecule has 0 aromatic carbocycles. The van der Waals surface area contributed by atoms with Crippen LogP contribution in [0.25, 0.3) is 0 Å². The van der Waals surface area contributed by atoms with Gasteiger partial charge in [-0.25, -0.2) is 4.79 Å². The van der Waals surface area contributed by atoms with Crippen LogP contribution in [0.5, 0.6) is 0 Å². The van der Waals surface area contributed by atoms with E-state index in [2.05, 4.69) is 0 Å². The summed E-state index contributed by atoms with van der Waals surface area (Å²) in [5.41, 5.74) is 0. The number of urea groups is 1. The Morgan fingerprint density at radius 3 is 2.31 bits per heavy atom. The fraction of sp³-hybridized carbons (Fsp3) is 0.800. The van der Waals surface area contributed by atoms with Gasteiger partial charge < -0.3 is 20.0 Å². The van der Waals surface area contributed by atoms with Crippen LogP contribution in [0.4, 0.5) is 4.79 Å². The molecule has 0 aromatic heterocycles. The highest BCUT2D eigenvalue weighted by Crippen LogP contribution is 1.99. The minimum Gasteiger partial charge on any atom is -0.481 e. The van der Waals surface area contributed by atoms with Crippen molar-refractivity contribution in [3.8, 4) is 0 Å². The van der Waals surface area contributed by atoms with E-state index >= 15 is 0 Å². The molecule has 0 fully saturated rings.